The second-order valence-electron chi connectivity index (χ2n) is 12.2. The lowest BCUT2D eigenvalue weighted by atomic mass is 9.51. The van der Waals surface area contributed by atoms with E-state index < -0.39 is 15.9 Å². The predicted molar refractivity (Wildman–Crippen MR) is 124 cm³/mol. The largest absolute Gasteiger partial charge is 0.390 e. The van der Waals surface area contributed by atoms with E-state index in [1.54, 1.807) is 0 Å². The lowest BCUT2D eigenvalue weighted by Crippen LogP contribution is -2.48. The van der Waals surface area contributed by atoms with Crippen molar-refractivity contribution in [2.75, 3.05) is 0 Å². The summed E-state index contributed by atoms with van der Waals surface area (Å²) >= 11 is 0. The van der Waals surface area contributed by atoms with Crippen molar-refractivity contribution in [3.05, 3.63) is 11.6 Å². The first-order valence-corrected chi connectivity index (χ1v) is 14.0. The van der Waals surface area contributed by atoms with Crippen molar-refractivity contribution in [2.24, 2.45) is 40.9 Å². The molecule has 178 valence electrons. The van der Waals surface area contributed by atoms with Crippen LogP contribution in [-0.4, -0.2) is 29.7 Å². The lowest BCUT2D eigenvalue weighted by molar-refractivity contribution is -0.0281. The number of allylic oxidation sites excluding steroid dienone is 1. The molecule has 0 aromatic rings. The highest BCUT2D eigenvalue weighted by Crippen LogP contribution is 2.64. The maximum Gasteiger partial charge on any atom is 0.333 e. The number of fused-ring (bicyclic) bond motifs is 5. The topological polar surface area (TPSA) is 86.6 Å². The Kier molecular flexibility index (Phi) is 6.44. The van der Waals surface area contributed by atoms with Crippen LogP contribution in [0.15, 0.2) is 11.6 Å². The van der Waals surface area contributed by atoms with Crippen molar-refractivity contribution in [1.29, 1.82) is 0 Å². The van der Waals surface area contributed by atoms with Crippen molar-refractivity contribution < 1.29 is 18.1 Å². The zero-order valence-electron chi connectivity index (χ0n) is 19.8. The monoisotopic (exact) mass is 453 g/mol. The Labute approximate surface area is 189 Å². The molecule has 0 aromatic heterocycles. The molecule has 0 radical (unpaired) electrons. The van der Waals surface area contributed by atoms with E-state index in [2.05, 4.69) is 24.6 Å². The number of aliphatic hydroxyl groups is 1. The average molecular weight is 454 g/mol. The van der Waals surface area contributed by atoms with E-state index in [4.69, 9.17) is 4.55 Å². The van der Waals surface area contributed by atoms with E-state index in [0.29, 0.717) is 17.3 Å². The fraction of sp³-hybridized carbons (Fsp3) is 0.920. The molecule has 5 nitrogen and oxygen atoms in total. The summed E-state index contributed by atoms with van der Waals surface area (Å²) in [6.45, 7) is 8.84. The number of rotatable bonds is 6. The van der Waals surface area contributed by atoms with Gasteiger partial charge in [0.15, 0.2) is 0 Å². The highest BCUT2D eigenvalue weighted by atomic mass is 32.2. The van der Waals surface area contributed by atoms with Gasteiger partial charge in [-0.2, -0.15) is 13.1 Å². The maximum absolute atomic E-state index is 11.2. The Balaban J connectivity index is 1.45. The minimum Gasteiger partial charge on any atom is -0.390 e. The quantitative estimate of drug-likeness (QED) is 0.385. The normalized spacial score (nSPS) is 41.7. The molecule has 31 heavy (non-hydrogen) atoms. The van der Waals surface area contributed by atoms with Gasteiger partial charge in [0, 0.05) is 6.04 Å². The van der Waals surface area contributed by atoms with Crippen LogP contribution in [0.25, 0.3) is 0 Å². The van der Waals surface area contributed by atoms with Gasteiger partial charge < -0.3 is 5.11 Å². The van der Waals surface area contributed by atoms with Gasteiger partial charge >= 0.3 is 10.3 Å². The maximum atomic E-state index is 11.2. The van der Waals surface area contributed by atoms with Crippen molar-refractivity contribution in [3.63, 3.8) is 0 Å². The Morgan fingerprint density at radius 3 is 2.61 bits per heavy atom. The van der Waals surface area contributed by atoms with Crippen molar-refractivity contribution in [2.45, 2.75) is 104 Å². The van der Waals surface area contributed by atoms with Gasteiger partial charge in [0.05, 0.1) is 5.60 Å². The Morgan fingerprint density at radius 2 is 1.94 bits per heavy atom. The molecule has 0 spiro atoms. The minimum absolute atomic E-state index is 0.157. The predicted octanol–water partition coefficient (Wildman–Crippen LogP) is 5.12. The molecule has 0 saturated heterocycles. The SMILES string of the molecule is CC(CCC(C)(C)O)C1CCC2C3CC=C4CC(NS(=O)(=O)O)CCC4C3CCC12C. The zero-order valence-corrected chi connectivity index (χ0v) is 20.6. The molecule has 8 atom stereocenters. The molecule has 3 N–H and O–H groups in total. The lowest BCUT2D eigenvalue weighted by Gasteiger charge is -2.54. The number of hydrogen-bond donors (Lipinski definition) is 3. The Morgan fingerprint density at radius 1 is 1.19 bits per heavy atom. The second-order valence-corrected chi connectivity index (χ2v) is 13.4. The summed E-state index contributed by atoms with van der Waals surface area (Å²) in [6, 6.07) is -0.157. The van der Waals surface area contributed by atoms with Crippen LogP contribution in [0.5, 0.6) is 0 Å². The molecule has 4 aliphatic carbocycles. The van der Waals surface area contributed by atoms with E-state index in [1.807, 2.05) is 13.8 Å². The number of nitrogens with one attached hydrogen (secondary N) is 1. The minimum atomic E-state index is -4.13. The van der Waals surface area contributed by atoms with Gasteiger partial charge in [0.1, 0.15) is 0 Å². The van der Waals surface area contributed by atoms with Crippen LogP contribution in [0, 0.1) is 40.9 Å². The fourth-order valence-electron chi connectivity index (χ4n) is 8.34. The molecular formula is C25H43NO4S. The molecular weight excluding hydrogens is 410 g/mol. The van der Waals surface area contributed by atoms with Crippen LogP contribution in [0.3, 0.4) is 0 Å². The molecule has 6 heteroatoms. The first-order chi connectivity index (χ1) is 14.4. The van der Waals surface area contributed by atoms with Crippen LogP contribution in [0.2, 0.25) is 0 Å². The highest BCUT2D eigenvalue weighted by molar-refractivity contribution is 7.83. The summed E-state index contributed by atoms with van der Waals surface area (Å²) < 4.78 is 34.1. The molecule has 8 unspecified atom stereocenters. The summed E-state index contributed by atoms with van der Waals surface area (Å²) in [5, 5.41) is 10.2. The van der Waals surface area contributed by atoms with Gasteiger partial charge in [-0.15, -0.1) is 0 Å². The van der Waals surface area contributed by atoms with Gasteiger partial charge in [-0.05, 0) is 119 Å². The van der Waals surface area contributed by atoms with Gasteiger partial charge in [-0.25, -0.2) is 0 Å². The van der Waals surface area contributed by atoms with Gasteiger partial charge in [-0.1, -0.05) is 25.5 Å². The molecule has 3 fully saturated rings. The fourth-order valence-corrected chi connectivity index (χ4v) is 8.96. The van der Waals surface area contributed by atoms with Crippen LogP contribution in [-0.2, 0) is 10.3 Å². The third-order valence-corrected chi connectivity index (χ3v) is 10.4. The average Bonchev–Trinajstić information content (AvgIpc) is 3.01. The summed E-state index contributed by atoms with van der Waals surface area (Å²) in [4.78, 5) is 0. The molecule has 0 aliphatic heterocycles. The van der Waals surface area contributed by atoms with Crippen molar-refractivity contribution >= 4 is 10.3 Å². The Hall–Kier alpha value is -0.430. The zero-order chi connectivity index (χ0) is 22.6. The number of hydrogen-bond acceptors (Lipinski definition) is 3. The highest BCUT2D eigenvalue weighted by Gasteiger charge is 2.56. The molecule has 0 heterocycles. The molecule has 3 saturated carbocycles. The first kappa shape index (κ1) is 23.7. The summed E-state index contributed by atoms with van der Waals surface area (Å²) in [7, 11) is -4.13. The molecule has 4 aliphatic rings. The Bertz CT molecular complexity index is 801. The van der Waals surface area contributed by atoms with Gasteiger partial charge in [0.2, 0.25) is 0 Å². The van der Waals surface area contributed by atoms with Crippen LogP contribution >= 0.6 is 0 Å². The van der Waals surface area contributed by atoms with E-state index in [9.17, 15) is 13.5 Å². The van der Waals surface area contributed by atoms with E-state index in [-0.39, 0.29) is 6.04 Å². The van der Waals surface area contributed by atoms with Crippen LogP contribution in [0.1, 0.15) is 91.9 Å². The second kappa shape index (κ2) is 8.41. The smallest absolute Gasteiger partial charge is 0.333 e. The summed E-state index contributed by atoms with van der Waals surface area (Å²) in [6.07, 6.45) is 13.5. The first-order valence-electron chi connectivity index (χ1n) is 12.5. The van der Waals surface area contributed by atoms with E-state index in [1.165, 1.54) is 31.3 Å². The summed E-state index contributed by atoms with van der Waals surface area (Å²) in [5.74, 6) is 4.34. The van der Waals surface area contributed by atoms with E-state index >= 15 is 0 Å². The molecule has 0 amide bonds. The molecule has 0 aromatic carbocycles. The van der Waals surface area contributed by atoms with E-state index in [0.717, 1.165) is 62.2 Å². The van der Waals surface area contributed by atoms with Crippen LogP contribution < -0.4 is 4.72 Å². The van der Waals surface area contributed by atoms with Gasteiger partial charge in [-0.3, -0.25) is 4.55 Å². The summed E-state index contributed by atoms with van der Waals surface area (Å²) in [5.41, 5.74) is 1.29. The third kappa shape index (κ3) is 4.92. The molecule has 0 bridgehead atoms. The standard InChI is InChI=1S/C25H43NO4S/c1-16(11-13-24(2,3)27)22-9-10-23-21-7-5-17-15-18(26-31(28,29)30)6-8-19(17)20(21)12-14-25(22,23)4/h5,16,18-23,26-27H,6-15H2,1-4H3,(H,28,29,30). The molecule has 4 rings (SSSR count). The van der Waals surface area contributed by atoms with Crippen LogP contribution in [0.4, 0.5) is 0 Å². The van der Waals surface area contributed by atoms with Crippen molar-refractivity contribution in [1.82, 2.24) is 4.72 Å². The van der Waals surface area contributed by atoms with Crippen molar-refractivity contribution in [3.8, 4) is 0 Å². The third-order valence-electron chi connectivity index (χ3n) is 9.73. The van der Waals surface area contributed by atoms with Gasteiger partial charge in [0.25, 0.3) is 0 Å².